The van der Waals surface area contributed by atoms with E-state index in [1.54, 1.807) is 42.5 Å². The van der Waals surface area contributed by atoms with Gasteiger partial charge in [-0.15, -0.1) is 0 Å². The molecule has 1 saturated heterocycles. The van der Waals surface area contributed by atoms with Crippen LogP contribution in [0.3, 0.4) is 0 Å². The third kappa shape index (κ3) is 6.88. The van der Waals surface area contributed by atoms with Crippen LogP contribution in [0.25, 0.3) is 0 Å². The van der Waals surface area contributed by atoms with Crippen molar-refractivity contribution in [3.05, 3.63) is 123 Å². The minimum absolute atomic E-state index is 0.0101. The van der Waals surface area contributed by atoms with Gasteiger partial charge in [0.2, 0.25) is 5.91 Å². The van der Waals surface area contributed by atoms with Gasteiger partial charge in [-0.2, -0.15) is 0 Å². The molecule has 0 unspecified atom stereocenters. The number of benzene rings is 4. The highest BCUT2D eigenvalue weighted by atomic mass is 35.5. The van der Waals surface area contributed by atoms with Gasteiger partial charge in [-0.25, -0.2) is 14.0 Å². The molecule has 9 nitrogen and oxygen atoms in total. The number of hydrogen-bond donors (Lipinski definition) is 4. The summed E-state index contributed by atoms with van der Waals surface area (Å²) in [6.45, 7) is 7.10. The molecule has 0 bridgehead atoms. The molecule has 12 heteroatoms. The van der Waals surface area contributed by atoms with Gasteiger partial charge in [-0.05, 0) is 83.1 Å². The molecule has 4 aromatic carbocycles. The molecule has 4 N–H and O–H groups in total. The number of carbonyl (C=O) groups is 3. The van der Waals surface area contributed by atoms with E-state index < -0.39 is 41.0 Å². The van der Waals surface area contributed by atoms with E-state index in [9.17, 15) is 24.6 Å². The molecule has 2 heterocycles. The monoisotopic (exact) mass is 733 g/mol. The molecule has 4 aromatic rings. The van der Waals surface area contributed by atoms with Gasteiger partial charge < -0.3 is 30.5 Å². The van der Waals surface area contributed by atoms with Gasteiger partial charge in [-0.3, -0.25) is 4.79 Å². The lowest BCUT2D eigenvalue weighted by Crippen LogP contribution is -2.48. The van der Waals surface area contributed by atoms with Crippen molar-refractivity contribution in [1.29, 1.82) is 0 Å². The van der Waals surface area contributed by atoms with E-state index in [-0.39, 0.29) is 44.6 Å². The predicted octanol–water partition coefficient (Wildman–Crippen LogP) is 7.99. The van der Waals surface area contributed by atoms with Crippen molar-refractivity contribution >= 4 is 52.4 Å². The molecule has 1 spiro atoms. The van der Waals surface area contributed by atoms with Crippen LogP contribution in [0.1, 0.15) is 70.5 Å². The normalized spacial score (nSPS) is 21.1. The van der Waals surface area contributed by atoms with Crippen LogP contribution >= 0.6 is 23.2 Å². The molecule has 0 saturated carbocycles. The number of methoxy groups -OCH3 is 1. The highest BCUT2D eigenvalue weighted by Crippen LogP contribution is 2.58. The molecule has 6 rings (SSSR count). The maximum atomic E-state index is 16.4. The Balaban J connectivity index is 1.52. The zero-order chi connectivity index (χ0) is 36.8. The first kappa shape index (κ1) is 36.2. The Hall–Kier alpha value is -4.64. The van der Waals surface area contributed by atoms with E-state index in [1.807, 2.05) is 12.1 Å². The first-order valence-electron chi connectivity index (χ1n) is 16.4. The number of nitrogens with zero attached hydrogens (tertiary/aromatic N) is 1. The Morgan fingerprint density at radius 1 is 0.980 bits per heavy atom. The summed E-state index contributed by atoms with van der Waals surface area (Å²) < 4.78 is 21.9. The number of aromatic carboxylic acids is 2. The van der Waals surface area contributed by atoms with Crippen molar-refractivity contribution < 1.29 is 33.7 Å². The molecule has 1 amide bonds. The quantitative estimate of drug-likeness (QED) is 0.136. The Morgan fingerprint density at radius 2 is 1.67 bits per heavy atom. The molecule has 4 atom stereocenters. The molecule has 0 aliphatic carbocycles. The van der Waals surface area contributed by atoms with Crippen LogP contribution in [0.15, 0.2) is 78.9 Å². The molecular weight excluding hydrogens is 696 g/mol. The fraction of sp³-hybridized carbons (Fsp3) is 0.308. The molecule has 2 aliphatic rings. The summed E-state index contributed by atoms with van der Waals surface area (Å²) in [5.74, 6) is -3.91. The van der Waals surface area contributed by atoms with Crippen molar-refractivity contribution in [3.8, 4) is 5.75 Å². The summed E-state index contributed by atoms with van der Waals surface area (Å²) in [5.41, 5.74) is 2.11. The maximum Gasteiger partial charge on any atom is 0.335 e. The summed E-state index contributed by atoms with van der Waals surface area (Å²) in [5, 5.41) is 25.9. The van der Waals surface area contributed by atoms with E-state index in [4.69, 9.17) is 27.9 Å². The first-order valence-corrected chi connectivity index (χ1v) is 17.2. The van der Waals surface area contributed by atoms with Crippen LogP contribution < -0.4 is 20.3 Å². The van der Waals surface area contributed by atoms with Crippen molar-refractivity contribution in [2.45, 2.75) is 57.2 Å². The number of fused-ring (bicyclic) bond motifs is 2. The first-order chi connectivity index (χ1) is 24.1. The second-order valence-electron chi connectivity index (χ2n) is 14.4. The number of nitrogens with one attached hydrogen (secondary N) is 2. The van der Waals surface area contributed by atoms with Crippen LogP contribution in [-0.4, -0.2) is 53.8 Å². The van der Waals surface area contributed by atoms with Crippen LogP contribution in [0.2, 0.25) is 10.0 Å². The minimum Gasteiger partial charge on any atom is -0.495 e. The summed E-state index contributed by atoms with van der Waals surface area (Å²) in [6.07, 6.45) is 0.596. The van der Waals surface area contributed by atoms with Gasteiger partial charge in [-0.1, -0.05) is 68.2 Å². The molecule has 0 radical (unpaired) electrons. The number of hydrogen-bond acceptors (Lipinski definition) is 6. The molecule has 51 heavy (non-hydrogen) atoms. The summed E-state index contributed by atoms with van der Waals surface area (Å²) in [6, 6.07) is 19.9. The largest absolute Gasteiger partial charge is 0.495 e. The lowest BCUT2D eigenvalue weighted by atomic mass is 9.63. The number of carboxylic acids is 2. The fourth-order valence-electron chi connectivity index (χ4n) is 7.73. The van der Waals surface area contributed by atoms with Crippen LogP contribution in [0.4, 0.5) is 15.8 Å². The lowest BCUT2D eigenvalue weighted by Gasteiger charge is -2.40. The molecule has 0 aromatic heterocycles. The number of amides is 1. The van der Waals surface area contributed by atoms with Gasteiger partial charge >= 0.3 is 11.9 Å². The van der Waals surface area contributed by atoms with E-state index in [1.165, 1.54) is 31.4 Å². The van der Waals surface area contributed by atoms with Gasteiger partial charge in [0.1, 0.15) is 11.6 Å². The average Bonchev–Trinajstić information content (AvgIpc) is 3.55. The highest BCUT2D eigenvalue weighted by Gasteiger charge is 2.63. The Morgan fingerprint density at radius 3 is 2.31 bits per heavy atom. The van der Waals surface area contributed by atoms with E-state index in [0.29, 0.717) is 24.5 Å². The standard InChI is InChI=1S/C39H38Cl2FN3O6/c1-38(2,3)18-31-39(20-45(29-15-13-24(40)17-26(29)39)19-21-8-10-22(11-9-21)36(47)48)32(25-6-5-7-27(41)33(25)42)34(44-31)35(46)43-28-14-12-23(37(49)50)16-30(28)51-4/h5-17,31-32,34,44H,18-20H2,1-4H3,(H,43,46)(H,47,48)(H,49,50)/t31-,32-,34+,39-/m0/s1. The van der Waals surface area contributed by atoms with Gasteiger partial charge in [0.25, 0.3) is 0 Å². The predicted molar refractivity (Wildman–Crippen MR) is 195 cm³/mol. The van der Waals surface area contributed by atoms with Crippen molar-refractivity contribution in [2.75, 3.05) is 23.9 Å². The third-order valence-corrected chi connectivity index (χ3v) is 10.4. The lowest BCUT2D eigenvalue weighted by molar-refractivity contribution is -0.118. The SMILES string of the molecule is COc1cc(C(=O)O)ccc1NC(=O)[C@@H]1N[C@@H](CC(C)(C)C)[C@@]2(CN(Cc3ccc(C(=O)O)cc3)c3ccc(Cl)cc32)[C@H]1c1cccc(Cl)c1F. The minimum atomic E-state index is -1.15. The smallest absolute Gasteiger partial charge is 0.335 e. The van der Waals surface area contributed by atoms with Crippen LogP contribution in [0, 0.1) is 11.2 Å². The topological polar surface area (TPSA) is 128 Å². The van der Waals surface area contributed by atoms with Gasteiger partial charge in [0.15, 0.2) is 0 Å². The Bertz CT molecular complexity index is 2020. The number of carboxylic acid groups (broad SMARTS) is 2. The average molecular weight is 735 g/mol. The van der Waals surface area contributed by atoms with E-state index in [2.05, 4.69) is 36.3 Å². The summed E-state index contributed by atoms with van der Waals surface area (Å²) in [7, 11) is 1.38. The molecular formula is C39H38Cl2FN3O6. The Labute approximate surface area is 305 Å². The maximum absolute atomic E-state index is 16.4. The zero-order valence-electron chi connectivity index (χ0n) is 28.5. The number of anilines is 2. The van der Waals surface area contributed by atoms with Gasteiger partial charge in [0.05, 0.1) is 35.0 Å². The number of ether oxygens (including phenoxy) is 1. The van der Waals surface area contributed by atoms with Gasteiger partial charge in [0, 0.05) is 41.2 Å². The molecule has 266 valence electrons. The highest BCUT2D eigenvalue weighted by molar-refractivity contribution is 6.31. The number of halogens is 3. The van der Waals surface area contributed by atoms with Crippen LogP contribution in [0.5, 0.6) is 5.75 Å². The fourth-order valence-corrected chi connectivity index (χ4v) is 8.09. The summed E-state index contributed by atoms with van der Waals surface area (Å²) in [4.78, 5) is 39.9. The number of rotatable bonds is 9. The Kier molecular flexibility index (Phi) is 9.80. The van der Waals surface area contributed by atoms with Crippen molar-refractivity contribution in [3.63, 3.8) is 0 Å². The third-order valence-electron chi connectivity index (χ3n) is 9.84. The zero-order valence-corrected chi connectivity index (χ0v) is 30.0. The second-order valence-corrected chi connectivity index (χ2v) is 15.2. The van der Waals surface area contributed by atoms with E-state index in [0.717, 1.165) is 16.8 Å². The van der Waals surface area contributed by atoms with Crippen molar-refractivity contribution in [2.24, 2.45) is 5.41 Å². The number of carbonyl (C=O) groups excluding carboxylic acids is 1. The van der Waals surface area contributed by atoms with E-state index >= 15 is 4.39 Å². The van der Waals surface area contributed by atoms with Crippen LogP contribution in [-0.2, 0) is 16.8 Å². The molecule has 2 aliphatic heterocycles. The summed E-state index contributed by atoms with van der Waals surface area (Å²) >= 11 is 13.2. The second kappa shape index (κ2) is 13.8. The van der Waals surface area contributed by atoms with Crippen molar-refractivity contribution in [1.82, 2.24) is 5.32 Å². The molecule has 1 fully saturated rings.